The maximum Gasteiger partial charge on any atom is 0.308 e. The minimum Gasteiger partial charge on any atom is -0.497 e. The standard InChI is InChI=1S/C19H17ClN2O3S/c1-24-13-7-8-15-14(9-13)18(11-3-5-12(20)6-4-11)21-16(19(26)22-15)10-17(23)25-2/h3-9,16H,10H2,1-2H3,(H,22,26). The fourth-order valence-corrected chi connectivity index (χ4v) is 3.04. The first-order valence-electron chi connectivity index (χ1n) is 7.91. The third kappa shape index (κ3) is 3.86. The van der Waals surface area contributed by atoms with E-state index in [1.807, 2.05) is 30.3 Å². The van der Waals surface area contributed by atoms with Crippen molar-refractivity contribution < 1.29 is 14.3 Å². The lowest BCUT2D eigenvalue weighted by atomic mass is 10.00. The number of thiocarbonyl (C=S) groups is 1. The van der Waals surface area contributed by atoms with Crippen molar-refractivity contribution in [2.75, 3.05) is 19.5 Å². The molecule has 2 aromatic carbocycles. The summed E-state index contributed by atoms with van der Waals surface area (Å²) in [6, 6.07) is 12.4. The highest BCUT2D eigenvalue weighted by Gasteiger charge is 2.26. The highest BCUT2D eigenvalue weighted by molar-refractivity contribution is 7.80. The molecular formula is C19H17ClN2O3S. The van der Waals surface area contributed by atoms with Crippen molar-refractivity contribution in [2.24, 2.45) is 4.99 Å². The molecule has 1 N–H and O–H groups in total. The van der Waals surface area contributed by atoms with Crippen molar-refractivity contribution in [3.05, 3.63) is 58.6 Å². The van der Waals surface area contributed by atoms with E-state index in [0.29, 0.717) is 21.5 Å². The lowest BCUT2D eigenvalue weighted by molar-refractivity contribution is -0.140. The predicted molar refractivity (Wildman–Crippen MR) is 107 cm³/mol. The lowest BCUT2D eigenvalue weighted by Gasteiger charge is -2.12. The zero-order valence-corrected chi connectivity index (χ0v) is 15.9. The van der Waals surface area contributed by atoms with E-state index in [9.17, 15) is 4.79 Å². The minimum absolute atomic E-state index is 0.0601. The zero-order chi connectivity index (χ0) is 18.7. The Morgan fingerprint density at radius 1 is 1.23 bits per heavy atom. The molecule has 134 valence electrons. The highest BCUT2D eigenvalue weighted by Crippen LogP contribution is 2.29. The second-order valence-electron chi connectivity index (χ2n) is 5.68. The number of nitrogens with one attached hydrogen (secondary N) is 1. The van der Waals surface area contributed by atoms with Crippen LogP contribution in [0.15, 0.2) is 47.5 Å². The highest BCUT2D eigenvalue weighted by atomic mass is 35.5. The van der Waals surface area contributed by atoms with E-state index >= 15 is 0 Å². The Bertz CT molecular complexity index is 881. The van der Waals surface area contributed by atoms with Crippen LogP contribution >= 0.6 is 23.8 Å². The zero-order valence-electron chi connectivity index (χ0n) is 14.3. The molecular weight excluding hydrogens is 372 g/mol. The van der Waals surface area contributed by atoms with Gasteiger partial charge in [-0.3, -0.25) is 9.79 Å². The van der Waals surface area contributed by atoms with Crippen LogP contribution in [0.5, 0.6) is 5.75 Å². The average Bonchev–Trinajstić information content (AvgIpc) is 2.78. The van der Waals surface area contributed by atoms with E-state index in [1.165, 1.54) is 7.11 Å². The van der Waals surface area contributed by atoms with Crippen LogP contribution in [0.2, 0.25) is 5.02 Å². The van der Waals surface area contributed by atoms with Crippen molar-refractivity contribution in [2.45, 2.75) is 12.5 Å². The first-order chi connectivity index (χ1) is 12.5. The summed E-state index contributed by atoms with van der Waals surface area (Å²) in [4.78, 5) is 17.0. The molecule has 0 saturated heterocycles. The number of hydrogen-bond acceptors (Lipinski definition) is 5. The van der Waals surface area contributed by atoms with Crippen molar-refractivity contribution in [3.63, 3.8) is 0 Å². The number of ether oxygens (including phenoxy) is 2. The first kappa shape index (κ1) is 18.4. The molecule has 0 spiro atoms. The maximum absolute atomic E-state index is 11.8. The molecule has 26 heavy (non-hydrogen) atoms. The molecule has 0 aliphatic carbocycles. The van der Waals surface area contributed by atoms with Gasteiger partial charge < -0.3 is 14.8 Å². The summed E-state index contributed by atoms with van der Waals surface area (Å²) in [5, 5.41) is 3.82. The number of anilines is 1. The van der Waals surface area contributed by atoms with Crippen LogP contribution in [-0.2, 0) is 9.53 Å². The monoisotopic (exact) mass is 388 g/mol. The van der Waals surface area contributed by atoms with Gasteiger partial charge in [0.15, 0.2) is 0 Å². The Morgan fingerprint density at radius 3 is 2.62 bits per heavy atom. The third-order valence-corrected chi connectivity index (χ3v) is 4.66. The van der Waals surface area contributed by atoms with Gasteiger partial charge in [-0.05, 0) is 30.3 Å². The van der Waals surface area contributed by atoms with Gasteiger partial charge in [0.2, 0.25) is 0 Å². The molecule has 2 aromatic rings. The van der Waals surface area contributed by atoms with Gasteiger partial charge in [0.25, 0.3) is 0 Å². The molecule has 0 bridgehead atoms. The molecule has 3 rings (SSSR count). The number of halogens is 1. The number of carbonyl (C=O) groups excluding carboxylic acids is 1. The number of benzene rings is 2. The summed E-state index contributed by atoms with van der Waals surface area (Å²) >= 11 is 11.5. The van der Waals surface area contributed by atoms with Gasteiger partial charge >= 0.3 is 5.97 Å². The largest absolute Gasteiger partial charge is 0.497 e. The number of rotatable bonds is 4. The molecule has 5 nitrogen and oxygen atoms in total. The Hall–Kier alpha value is -2.44. The van der Waals surface area contributed by atoms with E-state index in [1.54, 1.807) is 19.2 Å². The van der Waals surface area contributed by atoms with Gasteiger partial charge in [-0.25, -0.2) is 0 Å². The summed E-state index contributed by atoms with van der Waals surface area (Å²) in [7, 11) is 2.95. The topological polar surface area (TPSA) is 59.9 Å². The Balaban J connectivity index is 2.15. The molecule has 1 aliphatic heterocycles. The van der Waals surface area contributed by atoms with Gasteiger partial charge in [-0.15, -0.1) is 0 Å². The molecule has 0 radical (unpaired) electrons. The van der Waals surface area contributed by atoms with Gasteiger partial charge in [0.05, 0.1) is 26.4 Å². The molecule has 1 heterocycles. The second kappa shape index (κ2) is 7.85. The molecule has 1 atom stereocenters. The fraction of sp³-hybridized carbons (Fsp3) is 0.211. The summed E-state index contributed by atoms with van der Waals surface area (Å²) in [5.74, 6) is 0.325. The van der Waals surface area contributed by atoms with Crippen LogP contribution in [0.4, 0.5) is 5.69 Å². The first-order valence-corrected chi connectivity index (χ1v) is 8.70. The maximum atomic E-state index is 11.8. The summed E-state index contributed by atoms with van der Waals surface area (Å²) in [6.07, 6.45) is 0.0601. The average molecular weight is 389 g/mol. The van der Waals surface area contributed by atoms with Gasteiger partial charge in [0.1, 0.15) is 16.8 Å². The second-order valence-corrected chi connectivity index (χ2v) is 6.56. The van der Waals surface area contributed by atoms with Crippen LogP contribution in [0.25, 0.3) is 0 Å². The van der Waals surface area contributed by atoms with Crippen LogP contribution < -0.4 is 10.1 Å². The molecule has 0 fully saturated rings. The minimum atomic E-state index is -0.526. The van der Waals surface area contributed by atoms with Gasteiger partial charge in [-0.2, -0.15) is 0 Å². The molecule has 7 heteroatoms. The van der Waals surface area contributed by atoms with Crippen LogP contribution in [0.3, 0.4) is 0 Å². The number of esters is 1. The van der Waals surface area contributed by atoms with E-state index < -0.39 is 6.04 Å². The number of fused-ring (bicyclic) bond motifs is 1. The predicted octanol–water partition coefficient (Wildman–Crippen LogP) is 3.87. The smallest absolute Gasteiger partial charge is 0.308 e. The fourth-order valence-electron chi connectivity index (χ4n) is 2.67. The van der Waals surface area contributed by atoms with Crippen LogP contribution in [0.1, 0.15) is 17.5 Å². The third-order valence-electron chi connectivity index (χ3n) is 4.03. The SMILES string of the molecule is COC(=O)CC1N=C(c2ccc(Cl)cc2)c2cc(OC)ccc2NC1=S. The van der Waals surface area contributed by atoms with Crippen molar-refractivity contribution in [3.8, 4) is 5.75 Å². The normalized spacial score (nSPS) is 16.0. The van der Waals surface area contributed by atoms with Crippen LogP contribution in [-0.4, -0.2) is 36.9 Å². The molecule has 1 aliphatic rings. The molecule has 0 aromatic heterocycles. The van der Waals surface area contributed by atoms with E-state index in [2.05, 4.69) is 5.32 Å². The molecule has 0 amide bonds. The van der Waals surface area contributed by atoms with E-state index in [4.69, 9.17) is 38.3 Å². The Kier molecular flexibility index (Phi) is 5.54. The lowest BCUT2D eigenvalue weighted by Crippen LogP contribution is -2.26. The summed E-state index contributed by atoms with van der Waals surface area (Å²) in [6.45, 7) is 0. The van der Waals surface area contributed by atoms with E-state index in [0.717, 1.165) is 16.8 Å². The summed E-state index contributed by atoms with van der Waals surface area (Å²) in [5.41, 5.74) is 3.21. The van der Waals surface area contributed by atoms with Crippen molar-refractivity contribution in [1.29, 1.82) is 0 Å². The number of nitrogens with zero attached hydrogens (tertiary/aromatic N) is 1. The Morgan fingerprint density at radius 2 is 1.96 bits per heavy atom. The number of aliphatic imine (C=N–C) groups is 1. The van der Waals surface area contributed by atoms with Gasteiger partial charge in [0, 0.05) is 21.8 Å². The quantitative estimate of drug-likeness (QED) is 0.636. The molecule has 0 saturated carbocycles. The number of benzodiazepines with no additional fused rings is 1. The van der Waals surface area contributed by atoms with Gasteiger partial charge in [-0.1, -0.05) is 36.0 Å². The van der Waals surface area contributed by atoms with Crippen molar-refractivity contribution in [1.82, 2.24) is 0 Å². The van der Waals surface area contributed by atoms with Crippen molar-refractivity contribution >= 4 is 46.2 Å². The Labute approximate surface area is 162 Å². The number of carbonyl (C=O) groups is 1. The summed E-state index contributed by atoms with van der Waals surface area (Å²) < 4.78 is 10.1. The van der Waals surface area contributed by atoms with Crippen LogP contribution in [0, 0.1) is 0 Å². The molecule has 1 unspecified atom stereocenters. The number of methoxy groups -OCH3 is 2. The number of hydrogen-bond donors (Lipinski definition) is 1. The van der Waals surface area contributed by atoms with E-state index in [-0.39, 0.29) is 12.4 Å².